The highest BCUT2D eigenvalue weighted by molar-refractivity contribution is 7.98. The zero-order valence-corrected chi connectivity index (χ0v) is 16.4. The highest BCUT2D eigenvalue weighted by Gasteiger charge is 2.41. The first-order valence-electron chi connectivity index (χ1n) is 8.91. The number of carbonyl (C=O) groups excluding carboxylic acids is 2. The topological polar surface area (TPSA) is 40.6 Å². The van der Waals surface area contributed by atoms with Gasteiger partial charge in [-0.15, -0.1) is 11.8 Å². The zero-order chi connectivity index (χ0) is 18.1. The lowest BCUT2D eigenvalue weighted by Gasteiger charge is -2.25. The molecular weight excluding hydrogens is 364 g/mol. The van der Waals surface area contributed by atoms with E-state index in [1.807, 2.05) is 40.8 Å². The summed E-state index contributed by atoms with van der Waals surface area (Å²) in [5.74, 6) is -0.0521. The van der Waals surface area contributed by atoms with Gasteiger partial charge in [0.2, 0.25) is 11.8 Å². The predicted molar refractivity (Wildman–Crippen MR) is 107 cm³/mol. The zero-order valence-electron chi connectivity index (χ0n) is 14.8. The molecule has 2 heterocycles. The quantitative estimate of drug-likeness (QED) is 0.704. The van der Waals surface area contributed by atoms with Crippen LogP contribution in [0.5, 0.6) is 0 Å². The molecule has 4 rings (SSSR count). The van der Waals surface area contributed by atoms with Gasteiger partial charge in [-0.25, -0.2) is 0 Å². The molecule has 2 amide bonds. The van der Waals surface area contributed by atoms with Crippen molar-refractivity contribution in [2.24, 2.45) is 5.92 Å². The average Bonchev–Trinajstić information content (AvgIpc) is 3.23. The van der Waals surface area contributed by atoms with E-state index in [1.165, 1.54) is 10.5 Å². The van der Waals surface area contributed by atoms with E-state index in [4.69, 9.17) is 0 Å². The van der Waals surface area contributed by atoms with Crippen LogP contribution in [0.1, 0.15) is 24.8 Å². The fourth-order valence-corrected chi connectivity index (χ4v) is 4.54. The number of anilines is 1. The van der Waals surface area contributed by atoms with Crippen molar-refractivity contribution in [3.8, 4) is 0 Å². The Balaban J connectivity index is 1.47. The maximum absolute atomic E-state index is 13.1. The second kappa shape index (κ2) is 7.45. The van der Waals surface area contributed by atoms with E-state index in [2.05, 4.69) is 11.4 Å². The van der Waals surface area contributed by atoms with E-state index in [-0.39, 0.29) is 17.7 Å². The molecule has 0 spiro atoms. The van der Waals surface area contributed by atoms with Crippen molar-refractivity contribution in [3.05, 3.63) is 46.7 Å². The monoisotopic (exact) mass is 386 g/mol. The third-order valence-corrected chi connectivity index (χ3v) is 6.54. The molecule has 1 saturated carbocycles. The average molecular weight is 387 g/mol. The van der Waals surface area contributed by atoms with Crippen molar-refractivity contribution in [1.82, 2.24) is 4.90 Å². The first kappa shape index (κ1) is 17.6. The van der Waals surface area contributed by atoms with E-state index in [0.29, 0.717) is 25.6 Å². The molecule has 26 heavy (non-hydrogen) atoms. The number of thiophene rings is 1. The van der Waals surface area contributed by atoms with E-state index >= 15 is 0 Å². The molecule has 1 atom stereocenters. The van der Waals surface area contributed by atoms with Crippen molar-refractivity contribution in [3.63, 3.8) is 0 Å². The summed E-state index contributed by atoms with van der Waals surface area (Å²) in [7, 11) is 0. The van der Waals surface area contributed by atoms with Gasteiger partial charge in [0.15, 0.2) is 0 Å². The Labute approximate surface area is 162 Å². The smallest absolute Gasteiger partial charge is 0.228 e. The van der Waals surface area contributed by atoms with Gasteiger partial charge in [0.25, 0.3) is 0 Å². The first-order chi connectivity index (χ1) is 12.7. The van der Waals surface area contributed by atoms with Gasteiger partial charge >= 0.3 is 0 Å². The Morgan fingerprint density at radius 1 is 1.27 bits per heavy atom. The second-order valence-corrected chi connectivity index (χ2v) is 8.59. The molecule has 2 fully saturated rings. The van der Waals surface area contributed by atoms with Crippen molar-refractivity contribution < 1.29 is 9.59 Å². The molecule has 1 aromatic carbocycles. The number of hydrogen-bond donors (Lipinski definition) is 0. The Hall–Kier alpha value is -1.79. The molecule has 1 aliphatic carbocycles. The number of thioether (sulfide) groups is 1. The van der Waals surface area contributed by atoms with E-state index in [1.54, 1.807) is 28.0 Å². The highest BCUT2D eigenvalue weighted by Crippen LogP contribution is 2.33. The largest absolute Gasteiger partial charge is 0.335 e. The summed E-state index contributed by atoms with van der Waals surface area (Å²) >= 11 is 3.34. The Bertz CT molecular complexity index is 785. The molecular formula is C20H22N2O2S2. The molecule has 6 heteroatoms. The van der Waals surface area contributed by atoms with Crippen LogP contribution in [-0.2, 0) is 16.1 Å². The summed E-state index contributed by atoms with van der Waals surface area (Å²) in [6.07, 6.45) is 4.51. The van der Waals surface area contributed by atoms with Crippen LogP contribution >= 0.6 is 23.1 Å². The Kier molecular flexibility index (Phi) is 5.05. The number of benzene rings is 1. The summed E-state index contributed by atoms with van der Waals surface area (Å²) in [4.78, 5) is 30.6. The summed E-state index contributed by atoms with van der Waals surface area (Å²) in [5.41, 5.74) is 2.07. The lowest BCUT2D eigenvalue weighted by Crippen LogP contribution is -2.38. The molecule has 1 aliphatic heterocycles. The van der Waals surface area contributed by atoms with Gasteiger partial charge < -0.3 is 9.80 Å². The summed E-state index contributed by atoms with van der Waals surface area (Å²) in [5, 5.41) is 4.14. The number of amides is 2. The third-order valence-electron chi connectivity index (χ3n) is 5.06. The maximum Gasteiger partial charge on any atom is 0.228 e. The van der Waals surface area contributed by atoms with Crippen molar-refractivity contribution >= 4 is 40.6 Å². The second-order valence-electron chi connectivity index (χ2n) is 6.93. The highest BCUT2D eigenvalue weighted by atomic mass is 32.2. The van der Waals surface area contributed by atoms with Gasteiger partial charge in [0.05, 0.1) is 5.92 Å². The van der Waals surface area contributed by atoms with Crippen LogP contribution in [-0.4, -0.2) is 35.6 Å². The standard InChI is InChI=1S/C20H22N2O2S2/c1-25-18-6-4-16(5-7-18)21-12-15(10-19(21)23)20(24)22(17-2-3-17)11-14-8-9-26-13-14/h4-9,13,15,17H,2-3,10-12H2,1H3. The first-order valence-corrected chi connectivity index (χ1v) is 11.1. The SMILES string of the molecule is CSc1ccc(N2CC(C(=O)N(Cc3ccsc3)C3CC3)CC2=O)cc1. The fourth-order valence-electron chi connectivity index (χ4n) is 3.47. The van der Waals surface area contributed by atoms with Crippen LogP contribution in [0, 0.1) is 5.92 Å². The number of nitrogens with zero attached hydrogens (tertiary/aromatic N) is 2. The number of rotatable bonds is 6. The minimum atomic E-state index is -0.234. The van der Waals surface area contributed by atoms with Crippen LogP contribution in [0.3, 0.4) is 0 Å². The van der Waals surface area contributed by atoms with Crippen LogP contribution in [0.25, 0.3) is 0 Å². The number of carbonyl (C=O) groups is 2. The predicted octanol–water partition coefficient (Wildman–Crippen LogP) is 4.01. The van der Waals surface area contributed by atoms with Gasteiger partial charge in [-0.05, 0) is 65.8 Å². The molecule has 1 aromatic heterocycles. The van der Waals surface area contributed by atoms with Gasteiger partial charge in [-0.1, -0.05) is 0 Å². The molecule has 2 aromatic rings. The molecule has 2 aliphatic rings. The third kappa shape index (κ3) is 3.67. The van der Waals surface area contributed by atoms with E-state index in [9.17, 15) is 9.59 Å². The lowest BCUT2D eigenvalue weighted by molar-refractivity contribution is -0.137. The van der Waals surface area contributed by atoms with Crippen LogP contribution in [0.4, 0.5) is 5.69 Å². The van der Waals surface area contributed by atoms with Crippen LogP contribution in [0.2, 0.25) is 0 Å². The van der Waals surface area contributed by atoms with Crippen LogP contribution in [0.15, 0.2) is 46.0 Å². The molecule has 4 nitrogen and oxygen atoms in total. The van der Waals surface area contributed by atoms with Crippen molar-refractivity contribution in [2.75, 3.05) is 17.7 Å². The van der Waals surface area contributed by atoms with Gasteiger partial charge in [-0.2, -0.15) is 11.3 Å². The molecule has 0 N–H and O–H groups in total. The fraction of sp³-hybridized carbons (Fsp3) is 0.400. The summed E-state index contributed by atoms with van der Waals surface area (Å²) < 4.78 is 0. The summed E-state index contributed by atoms with van der Waals surface area (Å²) in [6, 6.07) is 10.4. The normalized spacial score (nSPS) is 19.8. The number of hydrogen-bond acceptors (Lipinski definition) is 4. The Morgan fingerprint density at radius 3 is 2.65 bits per heavy atom. The van der Waals surface area contributed by atoms with E-state index in [0.717, 1.165) is 18.5 Å². The van der Waals surface area contributed by atoms with Gasteiger partial charge in [-0.3, -0.25) is 9.59 Å². The van der Waals surface area contributed by atoms with Gasteiger partial charge in [0.1, 0.15) is 0 Å². The molecule has 0 radical (unpaired) electrons. The molecule has 0 bridgehead atoms. The van der Waals surface area contributed by atoms with E-state index < -0.39 is 0 Å². The molecule has 1 unspecified atom stereocenters. The molecule has 1 saturated heterocycles. The van der Waals surface area contributed by atoms with Gasteiger partial charge in [0, 0.05) is 36.1 Å². The van der Waals surface area contributed by atoms with Crippen LogP contribution < -0.4 is 4.90 Å². The van der Waals surface area contributed by atoms with Crippen molar-refractivity contribution in [2.45, 2.75) is 36.7 Å². The molecule has 136 valence electrons. The minimum Gasteiger partial charge on any atom is -0.335 e. The van der Waals surface area contributed by atoms with Crippen molar-refractivity contribution in [1.29, 1.82) is 0 Å². The summed E-state index contributed by atoms with van der Waals surface area (Å²) in [6.45, 7) is 1.16. The maximum atomic E-state index is 13.1. The Morgan fingerprint density at radius 2 is 2.04 bits per heavy atom. The lowest BCUT2D eigenvalue weighted by atomic mass is 10.1. The minimum absolute atomic E-state index is 0.0477.